The lowest BCUT2D eigenvalue weighted by Gasteiger charge is -2.29. The number of imidazole rings is 1. The van der Waals surface area contributed by atoms with Crippen molar-refractivity contribution in [2.75, 3.05) is 11.9 Å². The quantitative estimate of drug-likeness (QED) is 0.664. The molecule has 1 atom stereocenters. The van der Waals surface area contributed by atoms with Crippen molar-refractivity contribution in [1.29, 1.82) is 0 Å². The van der Waals surface area contributed by atoms with Gasteiger partial charge in [0.05, 0.1) is 13.0 Å². The summed E-state index contributed by atoms with van der Waals surface area (Å²) in [5.41, 5.74) is -2.03. The highest BCUT2D eigenvalue weighted by Crippen LogP contribution is 2.40. The molecule has 1 aromatic heterocycles. The first-order valence-corrected chi connectivity index (χ1v) is 8.50. The van der Waals surface area contributed by atoms with E-state index in [1.54, 1.807) is 12.1 Å². The average molecular weight is 398 g/mol. The second-order valence-corrected chi connectivity index (χ2v) is 6.23. The Morgan fingerprint density at radius 3 is 2.46 bits per heavy atom. The Kier molecular flexibility index (Phi) is 6.45. The van der Waals surface area contributed by atoms with Crippen molar-refractivity contribution < 1.29 is 27.9 Å². The molecule has 0 saturated heterocycles. The monoisotopic (exact) mass is 398 g/mol. The van der Waals surface area contributed by atoms with Crippen molar-refractivity contribution in [3.05, 3.63) is 48.0 Å². The largest absolute Gasteiger partial charge is 0.425 e. The number of rotatable bonds is 7. The smallest absolute Gasteiger partial charge is 0.374 e. The van der Waals surface area contributed by atoms with E-state index in [0.29, 0.717) is 12.1 Å². The van der Waals surface area contributed by atoms with E-state index in [0.717, 1.165) is 16.3 Å². The number of carbonyl (C=O) groups is 2. The maximum atomic E-state index is 13.4. The van der Waals surface area contributed by atoms with Crippen LogP contribution in [-0.2, 0) is 28.7 Å². The van der Waals surface area contributed by atoms with Crippen LogP contribution >= 0.6 is 0 Å². The van der Waals surface area contributed by atoms with Crippen molar-refractivity contribution in [1.82, 2.24) is 14.9 Å². The van der Waals surface area contributed by atoms with Gasteiger partial charge in [-0.2, -0.15) is 13.2 Å². The number of carbonyl (C=O) groups excluding carboxylic acids is 2. The summed E-state index contributed by atoms with van der Waals surface area (Å²) in [6.07, 6.45) is -3.47. The van der Waals surface area contributed by atoms with Crippen molar-refractivity contribution in [2.45, 2.75) is 31.5 Å². The normalized spacial score (nSPS) is 13.6. The summed E-state index contributed by atoms with van der Waals surface area (Å²) < 4.78 is 41.2. The maximum absolute atomic E-state index is 13.4. The first-order chi connectivity index (χ1) is 13.1. The number of para-hydroxylation sites is 1. The number of amides is 2. The van der Waals surface area contributed by atoms with E-state index < -0.39 is 42.4 Å². The van der Waals surface area contributed by atoms with Crippen molar-refractivity contribution in [3.63, 3.8) is 0 Å². The van der Waals surface area contributed by atoms with Gasteiger partial charge < -0.3 is 20.3 Å². The Labute approximate surface area is 159 Å². The molecule has 0 aliphatic rings. The molecular weight excluding hydrogens is 377 g/mol. The Bertz CT molecular complexity index is 851. The molecule has 0 fully saturated rings. The van der Waals surface area contributed by atoms with Gasteiger partial charge in [0, 0.05) is 25.1 Å². The van der Waals surface area contributed by atoms with Crippen LogP contribution in [0.3, 0.4) is 0 Å². The molecule has 0 aliphatic heterocycles. The van der Waals surface area contributed by atoms with Crippen LogP contribution in [0.5, 0.6) is 0 Å². The number of aromatic nitrogens is 2. The zero-order valence-corrected chi connectivity index (χ0v) is 15.4. The number of anilines is 1. The number of alkyl halides is 3. The predicted molar refractivity (Wildman–Crippen MR) is 95.2 cm³/mol. The van der Waals surface area contributed by atoms with E-state index in [-0.39, 0.29) is 0 Å². The summed E-state index contributed by atoms with van der Waals surface area (Å²) >= 11 is 0. The topological polar surface area (TPSA) is 96.2 Å². The van der Waals surface area contributed by atoms with E-state index in [1.807, 2.05) is 19.1 Å². The van der Waals surface area contributed by atoms with Crippen LogP contribution < -0.4 is 10.6 Å². The second kappa shape index (κ2) is 8.42. The third kappa shape index (κ3) is 4.69. The molecule has 7 nitrogen and oxygen atoms in total. The lowest BCUT2D eigenvalue weighted by Crippen LogP contribution is -2.48. The minimum atomic E-state index is -5.13. The fraction of sp³-hybridized carbons (Fsp3) is 0.389. The highest BCUT2D eigenvalue weighted by atomic mass is 19.4. The molecule has 1 unspecified atom stereocenters. The molecule has 0 saturated carbocycles. The van der Waals surface area contributed by atoms with Gasteiger partial charge in [0.2, 0.25) is 17.4 Å². The first-order valence-electron chi connectivity index (χ1n) is 8.50. The van der Waals surface area contributed by atoms with Crippen LogP contribution in [0.2, 0.25) is 0 Å². The van der Waals surface area contributed by atoms with Crippen LogP contribution in [0.25, 0.3) is 0 Å². The Morgan fingerprint density at radius 2 is 1.89 bits per heavy atom. The minimum absolute atomic E-state index is 0.536. The molecule has 1 aromatic carbocycles. The summed E-state index contributed by atoms with van der Waals surface area (Å²) in [5, 5.41) is 14.9. The van der Waals surface area contributed by atoms with Crippen molar-refractivity contribution in [3.8, 4) is 0 Å². The van der Waals surface area contributed by atoms with E-state index in [4.69, 9.17) is 0 Å². The molecular formula is C18H21F3N4O3. The molecule has 0 radical (unpaired) electrons. The van der Waals surface area contributed by atoms with E-state index in [9.17, 15) is 27.9 Å². The first kappa shape index (κ1) is 21.4. The lowest BCUT2D eigenvalue weighted by molar-refractivity contribution is -0.271. The molecule has 0 spiro atoms. The number of benzene rings is 1. The Balaban J connectivity index is 2.02. The van der Waals surface area contributed by atoms with Gasteiger partial charge >= 0.3 is 6.18 Å². The number of nitrogens with one attached hydrogen (secondary N) is 2. The highest BCUT2D eigenvalue weighted by Gasteiger charge is 2.58. The summed E-state index contributed by atoms with van der Waals surface area (Å²) in [4.78, 5) is 27.5. The Morgan fingerprint density at radius 1 is 1.21 bits per heavy atom. The van der Waals surface area contributed by atoms with Gasteiger partial charge in [-0.1, -0.05) is 25.1 Å². The highest BCUT2D eigenvalue weighted by molar-refractivity contribution is 5.95. The molecule has 2 aromatic rings. The van der Waals surface area contributed by atoms with Crippen LogP contribution in [0.1, 0.15) is 24.7 Å². The predicted octanol–water partition coefficient (Wildman–Crippen LogP) is 1.88. The SMILES string of the molecule is CCc1ccccc1NC(=O)CNC(=O)CC(O)(c1nccn1C)C(F)(F)F. The summed E-state index contributed by atoms with van der Waals surface area (Å²) in [7, 11) is 1.27. The Hall–Kier alpha value is -2.88. The molecule has 0 aliphatic carbocycles. The molecule has 2 rings (SSSR count). The van der Waals surface area contributed by atoms with Crippen LogP contribution in [0.4, 0.5) is 18.9 Å². The van der Waals surface area contributed by atoms with E-state index in [1.165, 1.54) is 13.2 Å². The summed E-state index contributed by atoms with van der Waals surface area (Å²) in [6.45, 7) is 1.37. The lowest BCUT2D eigenvalue weighted by atomic mass is 9.97. The maximum Gasteiger partial charge on any atom is 0.425 e. The molecule has 3 N–H and O–H groups in total. The molecule has 0 bridgehead atoms. The average Bonchev–Trinajstić information content (AvgIpc) is 3.06. The number of aryl methyl sites for hydroxylation is 2. The van der Waals surface area contributed by atoms with Gasteiger partial charge in [0.15, 0.2) is 5.82 Å². The molecule has 10 heteroatoms. The third-order valence-electron chi connectivity index (χ3n) is 4.19. The fourth-order valence-corrected chi connectivity index (χ4v) is 2.69. The standard InChI is InChI=1S/C18H21F3N4O3/c1-3-12-6-4-5-7-13(12)24-15(27)11-23-14(26)10-17(28,18(19,20)21)16-22-8-9-25(16)2/h4-9,28H,3,10-11H2,1-2H3,(H,23,26)(H,24,27). The van der Waals surface area contributed by atoms with Gasteiger partial charge in [-0.15, -0.1) is 0 Å². The van der Waals surface area contributed by atoms with Gasteiger partial charge in [-0.3, -0.25) is 9.59 Å². The number of halogens is 3. The second-order valence-electron chi connectivity index (χ2n) is 6.23. The zero-order chi connectivity index (χ0) is 20.9. The number of nitrogens with zero attached hydrogens (tertiary/aromatic N) is 2. The fourth-order valence-electron chi connectivity index (χ4n) is 2.69. The van der Waals surface area contributed by atoms with Gasteiger partial charge in [0.1, 0.15) is 0 Å². The van der Waals surface area contributed by atoms with Gasteiger partial charge in [-0.25, -0.2) is 4.98 Å². The van der Waals surface area contributed by atoms with Crippen LogP contribution in [0, 0.1) is 0 Å². The molecule has 1 heterocycles. The number of aliphatic hydroxyl groups is 1. The summed E-state index contributed by atoms with van der Waals surface area (Å²) in [5.74, 6) is -2.44. The van der Waals surface area contributed by atoms with Gasteiger partial charge in [0.25, 0.3) is 0 Å². The number of hydrogen-bond acceptors (Lipinski definition) is 4. The summed E-state index contributed by atoms with van der Waals surface area (Å²) in [6, 6.07) is 7.04. The van der Waals surface area contributed by atoms with Crippen LogP contribution in [0.15, 0.2) is 36.7 Å². The zero-order valence-electron chi connectivity index (χ0n) is 15.4. The van der Waals surface area contributed by atoms with Crippen molar-refractivity contribution >= 4 is 17.5 Å². The minimum Gasteiger partial charge on any atom is -0.374 e. The van der Waals surface area contributed by atoms with Crippen LogP contribution in [-0.4, -0.2) is 39.2 Å². The van der Waals surface area contributed by atoms with E-state index >= 15 is 0 Å². The molecule has 2 amide bonds. The molecule has 28 heavy (non-hydrogen) atoms. The van der Waals surface area contributed by atoms with Gasteiger partial charge in [-0.05, 0) is 18.1 Å². The third-order valence-corrected chi connectivity index (χ3v) is 4.19. The van der Waals surface area contributed by atoms with Crippen molar-refractivity contribution in [2.24, 2.45) is 7.05 Å². The van der Waals surface area contributed by atoms with E-state index in [2.05, 4.69) is 15.6 Å². The molecule has 152 valence electrons. The number of hydrogen-bond donors (Lipinski definition) is 3.